The Kier molecular flexibility index (Phi) is 9.68. The van der Waals surface area contributed by atoms with E-state index >= 15 is 0 Å². The van der Waals surface area contributed by atoms with Gasteiger partial charge in [-0.3, -0.25) is 14.2 Å². The van der Waals surface area contributed by atoms with Crippen molar-refractivity contribution in [3.8, 4) is 0 Å². The molecule has 1 rings (SSSR count). The standard InChI is InChI=1S/C20H30NO8P/c1-20(2,3)29-17(22)12-11-16(19(24)26-4)21-18(23)15-9-7-14(8-10-15)13-30(25,27-5)28-6/h7-10,16H,11-13H2,1-6H3,(H,21,23)/t16-/m0/s1. The molecular weight excluding hydrogens is 413 g/mol. The molecule has 0 bridgehead atoms. The molecule has 0 saturated heterocycles. The summed E-state index contributed by atoms with van der Waals surface area (Å²) in [5.74, 6) is -1.65. The third-order valence-corrected chi connectivity index (χ3v) is 5.86. The first-order chi connectivity index (χ1) is 13.9. The van der Waals surface area contributed by atoms with Crippen LogP contribution >= 0.6 is 7.60 Å². The second-order valence-corrected chi connectivity index (χ2v) is 9.77. The SMILES string of the molecule is COC(=O)[C@H](CCC(=O)OC(C)(C)C)NC(=O)c1ccc(CP(=O)(OC)OC)cc1. The van der Waals surface area contributed by atoms with Crippen LogP contribution in [-0.2, 0) is 38.8 Å². The monoisotopic (exact) mass is 443 g/mol. The molecule has 0 heterocycles. The lowest BCUT2D eigenvalue weighted by Crippen LogP contribution is -2.42. The Labute approximate surface area is 176 Å². The summed E-state index contributed by atoms with van der Waals surface area (Å²) in [6, 6.07) is 5.29. The van der Waals surface area contributed by atoms with Gasteiger partial charge in [0, 0.05) is 26.2 Å². The van der Waals surface area contributed by atoms with Gasteiger partial charge >= 0.3 is 19.5 Å². The largest absolute Gasteiger partial charge is 0.467 e. The summed E-state index contributed by atoms with van der Waals surface area (Å²) >= 11 is 0. The highest BCUT2D eigenvalue weighted by atomic mass is 31.2. The molecule has 1 N–H and O–H groups in total. The molecule has 9 nitrogen and oxygen atoms in total. The van der Waals surface area contributed by atoms with E-state index < -0.39 is 37.1 Å². The highest BCUT2D eigenvalue weighted by molar-refractivity contribution is 7.52. The lowest BCUT2D eigenvalue weighted by molar-refractivity contribution is -0.155. The molecule has 1 aromatic rings. The smallest absolute Gasteiger partial charge is 0.334 e. The highest BCUT2D eigenvalue weighted by Crippen LogP contribution is 2.49. The van der Waals surface area contributed by atoms with Crippen LogP contribution < -0.4 is 5.32 Å². The van der Waals surface area contributed by atoms with Gasteiger partial charge in [-0.15, -0.1) is 0 Å². The number of hydrogen-bond donors (Lipinski definition) is 1. The van der Waals surface area contributed by atoms with Gasteiger partial charge in [-0.05, 0) is 44.9 Å². The molecular formula is C20H30NO8P. The van der Waals surface area contributed by atoms with Crippen molar-refractivity contribution in [1.82, 2.24) is 5.32 Å². The van der Waals surface area contributed by atoms with Crippen LogP contribution in [0.3, 0.4) is 0 Å². The Morgan fingerprint density at radius 1 is 1.03 bits per heavy atom. The molecule has 168 valence electrons. The molecule has 1 atom stereocenters. The van der Waals surface area contributed by atoms with E-state index in [4.69, 9.17) is 18.5 Å². The summed E-state index contributed by atoms with van der Waals surface area (Å²) in [7, 11) is 0.585. The Balaban J connectivity index is 2.78. The van der Waals surface area contributed by atoms with Gasteiger partial charge in [0.2, 0.25) is 0 Å². The minimum Gasteiger partial charge on any atom is -0.467 e. The minimum absolute atomic E-state index is 0.0380. The van der Waals surface area contributed by atoms with E-state index in [-0.39, 0.29) is 24.6 Å². The number of nitrogens with one attached hydrogen (secondary N) is 1. The summed E-state index contributed by atoms with van der Waals surface area (Å²) < 4.78 is 31.9. The molecule has 0 aliphatic rings. The summed E-state index contributed by atoms with van der Waals surface area (Å²) in [6.07, 6.45) is 0.0401. The van der Waals surface area contributed by atoms with Crippen molar-refractivity contribution >= 4 is 25.4 Å². The fraction of sp³-hybridized carbons (Fsp3) is 0.550. The molecule has 0 radical (unpaired) electrons. The fourth-order valence-corrected chi connectivity index (χ4v) is 3.54. The van der Waals surface area contributed by atoms with E-state index in [9.17, 15) is 18.9 Å². The third-order valence-electron chi connectivity index (χ3n) is 4.00. The van der Waals surface area contributed by atoms with Crippen LogP contribution in [0.2, 0.25) is 0 Å². The first kappa shape index (κ1) is 25.8. The Morgan fingerprint density at radius 3 is 2.07 bits per heavy atom. The van der Waals surface area contributed by atoms with Crippen LogP contribution in [0.25, 0.3) is 0 Å². The Morgan fingerprint density at radius 2 is 1.60 bits per heavy atom. The van der Waals surface area contributed by atoms with E-state index in [2.05, 4.69) is 5.32 Å². The predicted octanol–water partition coefficient (Wildman–Crippen LogP) is 3.07. The summed E-state index contributed by atoms with van der Waals surface area (Å²) in [4.78, 5) is 36.4. The van der Waals surface area contributed by atoms with Crippen molar-refractivity contribution in [3.63, 3.8) is 0 Å². The molecule has 0 fully saturated rings. The van der Waals surface area contributed by atoms with Gasteiger partial charge in [0.25, 0.3) is 5.91 Å². The van der Waals surface area contributed by atoms with Crippen LogP contribution in [0.5, 0.6) is 0 Å². The number of benzene rings is 1. The lowest BCUT2D eigenvalue weighted by atomic mass is 10.1. The van der Waals surface area contributed by atoms with Crippen molar-refractivity contribution in [1.29, 1.82) is 0 Å². The summed E-state index contributed by atoms with van der Waals surface area (Å²) in [5.41, 5.74) is 0.306. The average molecular weight is 443 g/mol. The van der Waals surface area contributed by atoms with Crippen molar-refractivity contribution in [3.05, 3.63) is 35.4 Å². The number of rotatable bonds is 10. The summed E-state index contributed by atoms with van der Waals surface area (Å²) in [6.45, 7) is 5.23. The summed E-state index contributed by atoms with van der Waals surface area (Å²) in [5, 5.41) is 2.57. The maximum atomic E-state index is 12.5. The number of methoxy groups -OCH3 is 1. The Bertz CT molecular complexity index is 777. The zero-order chi connectivity index (χ0) is 22.9. The lowest BCUT2D eigenvalue weighted by Gasteiger charge is -2.21. The first-order valence-electron chi connectivity index (χ1n) is 9.33. The molecule has 0 spiro atoms. The number of esters is 2. The minimum atomic E-state index is -3.22. The van der Waals surface area contributed by atoms with Crippen molar-refractivity contribution < 1.29 is 37.5 Å². The average Bonchev–Trinajstić information content (AvgIpc) is 2.69. The molecule has 10 heteroatoms. The van der Waals surface area contributed by atoms with E-state index in [1.807, 2.05) is 0 Å². The van der Waals surface area contributed by atoms with Gasteiger partial charge in [-0.1, -0.05) is 12.1 Å². The highest BCUT2D eigenvalue weighted by Gasteiger charge is 2.25. The molecule has 1 amide bonds. The van der Waals surface area contributed by atoms with Gasteiger partial charge in [0.1, 0.15) is 11.6 Å². The predicted molar refractivity (Wildman–Crippen MR) is 110 cm³/mol. The van der Waals surface area contributed by atoms with E-state index in [0.29, 0.717) is 5.56 Å². The maximum absolute atomic E-state index is 12.5. The maximum Gasteiger partial charge on any atom is 0.334 e. The second kappa shape index (κ2) is 11.2. The number of amides is 1. The van der Waals surface area contributed by atoms with E-state index in [1.165, 1.54) is 33.5 Å². The quantitative estimate of drug-likeness (QED) is 0.433. The molecule has 1 aromatic carbocycles. The fourth-order valence-electron chi connectivity index (χ4n) is 2.48. The van der Waals surface area contributed by atoms with Gasteiger partial charge < -0.3 is 23.8 Å². The van der Waals surface area contributed by atoms with Crippen LogP contribution in [0.15, 0.2) is 24.3 Å². The normalized spacial score (nSPS) is 12.7. The molecule has 0 unspecified atom stereocenters. The van der Waals surface area contributed by atoms with Crippen LogP contribution in [-0.4, -0.2) is 50.8 Å². The van der Waals surface area contributed by atoms with Gasteiger partial charge in [-0.2, -0.15) is 0 Å². The zero-order valence-electron chi connectivity index (χ0n) is 18.2. The Hall–Kier alpha value is -2.22. The van der Waals surface area contributed by atoms with Gasteiger partial charge in [0.15, 0.2) is 0 Å². The first-order valence-corrected chi connectivity index (χ1v) is 11.1. The van der Waals surface area contributed by atoms with E-state index in [1.54, 1.807) is 32.9 Å². The number of ether oxygens (including phenoxy) is 2. The number of carbonyl (C=O) groups is 3. The second-order valence-electron chi connectivity index (χ2n) is 7.51. The number of hydrogen-bond acceptors (Lipinski definition) is 8. The van der Waals surface area contributed by atoms with E-state index in [0.717, 1.165) is 0 Å². The zero-order valence-corrected chi connectivity index (χ0v) is 19.1. The van der Waals surface area contributed by atoms with Crippen molar-refractivity contribution in [2.75, 3.05) is 21.3 Å². The van der Waals surface area contributed by atoms with Crippen LogP contribution in [0.4, 0.5) is 0 Å². The van der Waals surface area contributed by atoms with Crippen LogP contribution in [0.1, 0.15) is 49.5 Å². The van der Waals surface area contributed by atoms with Gasteiger partial charge in [0.05, 0.1) is 13.3 Å². The molecule has 0 aliphatic heterocycles. The number of carbonyl (C=O) groups excluding carboxylic acids is 3. The van der Waals surface area contributed by atoms with Crippen molar-refractivity contribution in [2.45, 2.75) is 51.4 Å². The van der Waals surface area contributed by atoms with Crippen molar-refractivity contribution in [2.24, 2.45) is 0 Å². The molecule has 30 heavy (non-hydrogen) atoms. The topological polar surface area (TPSA) is 117 Å². The van der Waals surface area contributed by atoms with Crippen LogP contribution in [0, 0.1) is 0 Å². The molecule has 0 aliphatic carbocycles. The third kappa shape index (κ3) is 8.65. The molecule has 0 aromatic heterocycles. The molecule has 0 saturated carbocycles. The van der Waals surface area contributed by atoms with Gasteiger partial charge in [-0.25, -0.2) is 4.79 Å².